The summed E-state index contributed by atoms with van der Waals surface area (Å²) in [5.41, 5.74) is 0. The van der Waals surface area contributed by atoms with Crippen LogP contribution in [0.3, 0.4) is 0 Å². The predicted molar refractivity (Wildman–Crippen MR) is 52.0 cm³/mol. The lowest BCUT2D eigenvalue weighted by Gasteiger charge is -2.07. The lowest BCUT2D eigenvalue weighted by atomic mass is 10.2. The largest absolute Gasteiger partial charge is 0.309 e. The van der Waals surface area contributed by atoms with Gasteiger partial charge in [0.1, 0.15) is 0 Å². The van der Waals surface area contributed by atoms with E-state index in [9.17, 15) is 0 Å². The van der Waals surface area contributed by atoms with E-state index in [1.807, 2.05) is 11.3 Å². The van der Waals surface area contributed by atoms with Crippen molar-refractivity contribution in [1.29, 1.82) is 0 Å². The molecule has 1 aromatic rings. The molecule has 1 N–H and O–H groups in total. The van der Waals surface area contributed by atoms with Crippen molar-refractivity contribution in [3.63, 3.8) is 0 Å². The first kappa shape index (κ1) is 7.77. The molecule has 0 amide bonds. The van der Waals surface area contributed by atoms with Crippen molar-refractivity contribution in [2.45, 2.75) is 18.9 Å². The van der Waals surface area contributed by atoms with Crippen LogP contribution in [0.5, 0.6) is 0 Å². The van der Waals surface area contributed by atoms with Gasteiger partial charge in [0, 0.05) is 15.4 Å². The third-order valence-corrected chi connectivity index (χ3v) is 4.01. The van der Waals surface area contributed by atoms with E-state index >= 15 is 0 Å². The molecule has 11 heavy (non-hydrogen) atoms. The number of halogens is 1. The van der Waals surface area contributed by atoms with E-state index in [0.717, 1.165) is 0 Å². The Bertz CT molecular complexity index is 240. The summed E-state index contributed by atoms with van der Waals surface area (Å²) in [5, 5.41) is 5.62. The van der Waals surface area contributed by atoms with Crippen LogP contribution in [0.25, 0.3) is 0 Å². The summed E-state index contributed by atoms with van der Waals surface area (Å²) in [7, 11) is 0. The summed E-state index contributed by atoms with van der Waals surface area (Å²) in [5.74, 6) is 0. The van der Waals surface area contributed by atoms with E-state index in [1.54, 1.807) is 0 Å². The fourth-order valence-electron chi connectivity index (χ4n) is 1.46. The van der Waals surface area contributed by atoms with E-state index in [-0.39, 0.29) is 0 Å². The quantitative estimate of drug-likeness (QED) is 0.784. The van der Waals surface area contributed by atoms with Gasteiger partial charge in [0.2, 0.25) is 0 Å². The van der Waals surface area contributed by atoms with Crippen LogP contribution in [-0.2, 0) is 0 Å². The van der Waals surface area contributed by atoms with E-state index in [2.05, 4.69) is 32.7 Å². The average Bonchev–Trinajstić information content (AvgIpc) is 2.55. The second-order valence-electron chi connectivity index (χ2n) is 2.78. The third kappa shape index (κ3) is 1.50. The van der Waals surface area contributed by atoms with Gasteiger partial charge >= 0.3 is 0 Å². The Balaban J connectivity index is 2.21. The number of nitrogens with one attached hydrogen (secondary N) is 1. The van der Waals surface area contributed by atoms with Crippen molar-refractivity contribution >= 4 is 27.3 Å². The van der Waals surface area contributed by atoms with Gasteiger partial charge in [-0.15, -0.1) is 11.3 Å². The highest BCUT2D eigenvalue weighted by molar-refractivity contribution is 9.10. The van der Waals surface area contributed by atoms with Crippen molar-refractivity contribution in [3.05, 3.63) is 20.8 Å². The standard InChI is InChI=1S/C8H10BrNS/c9-6-3-5-11-8(6)7-2-1-4-10-7/h3,5,7,10H,1-2,4H2/t7-/m0/s1. The van der Waals surface area contributed by atoms with Gasteiger partial charge < -0.3 is 5.32 Å². The van der Waals surface area contributed by atoms with Crippen LogP contribution in [0.4, 0.5) is 0 Å². The highest BCUT2D eigenvalue weighted by atomic mass is 79.9. The van der Waals surface area contributed by atoms with E-state index in [1.165, 1.54) is 28.7 Å². The first-order valence-corrected chi connectivity index (χ1v) is 5.51. The molecule has 0 radical (unpaired) electrons. The molecule has 2 heterocycles. The van der Waals surface area contributed by atoms with Crippen LogP contribution >= 0.6 is 27.3 Å². The summed E-state index contributed by atoms with van der Waals surface area (Å²) < 4.78 is 1.27. The van der Waals surface area contributed by atoms with Crippen LogP contribution in [0.1, 0.15) is 23.8 Å². The molecule has 1 nitrogen and oxygen atoms in total. The van der Waals surface area contributed by atoms with Crippen LogP contribution in [0.2, 0.25) is 0 Å². The Morgan fingerprint density at radius 3 is 3.09 bits per heavy atom. The molecule has 0 unspecified atom stereocenters. The second-order valence-corrected chi connectivity index (χ2v) is 4.58. The minimum atomic E-state index is 0.615. The van der Waals surface area contributed by atoms with Gasteiger partial charge in [-0.1, -0.05) is 0 Å². The van der Waals surface area contributed by atoms with Crippen molar-refractivity contribution in [3.8, 4) is 0 Å². The van der Waals surface area contributed by atoms with Gasteiger partial charge in [0.05, 0.1) is 0 Å². The molecule has 0 aliphatic carbocycles. The fraction of sp³-hybridized carbons (Fsp3) is 0.500. The van der Waals surface area contributed by atoms with Gasteiger partial charge in [-0.05, 0) is 46.8 Å². The smallest absolute Gasteiger partial charge is 0.0426 e. The Morgan fingerprint density at radius 1 is 1.64 bits per heavy atom. The lowest BCUT2D eigenvalue weighted by Crippen LogP contribution is -2.11. The van der Waals surface area contributed by atoms with Crippen LogP contribution in [-0.4, -0.2) is 6.54 Å². The molecular formula is C8H10BrNS. The summed E-state index contributed by atoms with van der Waals surface area (Å²) in [6.07, 6.45) is 2.61. The van der Waals surface area contributed by atoms with E-state index in [0.29, 0.717) is 6.04 Å². The zero-order valence-electron chi connectivity index (χ0n) is 6.14. The molecule has 1 aliphatic rings. The number of thiophene rings is 1. The molecule has 1 saturated heterocycles. The summed E-state index contributed by atoms with van der Waals surface area (Å²) in [6, 6.07) is 2.74. The summed E-state index contributed by atoms with van der Waals surface area (Å²) >= 11 is 5.38. The van der Waals surface area contributed by atoms with Crippen LogP contribution in [0.15, 0.2) is 15.9 Å². The molecule has 3 heteroatoms. The SMILES string of the molecule is Brc1ccsc1[C@@H]1CCCN1. The zero-order valence-corrected chi connectivity index (χ0v) is 8.54. The maximum atomic E-state index is 3.55. The predicted octanol–water partition coefficient (Wildman–Crippen LogP) is 2.94. The van der Waals surface area contributed by atoms with Gasteiger partial charge in [0.25, 0.3) is 0 Å². The van der Waals surface area contributed by atoms with Crippen LogP contribution < -0.4 is 5.32 Å². The summed E-state index contributed by atoms with van der Waals surface area (Å²) in [6.45, 7) is 1.18. The maximum Gasteiger partial charge on any atom is 0.0426 e. The molecular weight excluding hydrogens is 222 g/mol. The third-order valence-electron chi connectivity index (χ3n) is 2.02. The Kier molecular flexibility index (Phi) is 2.30. The molecule has 0 bridgehead atoms. The van der Waals surface area contributed by atoms with Crippen LogP contribution in [0, 0.1) is 0 Å². The molecule has 60 valence electrons. The number of hydrogen-bond donors (Lipinski definition) is 1. The number of hydrogen-bond acceptors (Lipinski definition) is 2. The lowest BCUT2D eigenvalue weighted by molar-refractivity contribution is 0.657. The number of rotatable bonds is 1. The highest BCUT2D eigenvalue weighted by Crippen LogP contribution is 2.33. The molecule has 1 aliphatic heterocycles. The van der Waals surface area contributed by atoms with Gasteiger partial charge in [-0.25, -0.2) is 0 Å². The Morgan fingerprint density at radius 2 is 2.55 bits per heavy atom. The normalized spacial score (nSPS) is 24.3. The van der Waals surface area contributed by atoms with Crippen molar-refractivity contribution in [2.24, 2.45) is 0 Å². The van der Waals surface area contributed by atoms with Gasteiger partial charge in [0.15, 0.2) is 0 Å². The monoisotopic (exact) mass is 231 g/mol. The molecule has 0 aromatic carbocycles. The van der Waals surface area contributed by atoms with Crippen molar-refractivity contribution in [1.82, 2.24) is 5.32 Å². The molecule has 1 fully saturated rings. The van der Waals surface area contributed by atoms with Crippen molar-refractivity contribution < 1.29 is 0 Å². The molecule has 2 rings (SSSR count). The van der Waals surface area contributed by atoms with E-state index in [4.69, 9.17) is 0 Å². The minimum Gasteiger partial charge on any atom is -0.309 e. The molecule has 0 spiro atoms. The first-order valence-electron chi connectivity index (χ1n) is 3.84. The molecule has 1 atom stereocenters. The molecule has 1 aromatic heterocycles. The first-order chi connectivity index (χ1) is 5.38. The average molecular weight is 232 g/mol. The molecule has 0 saturated carbocycles. The topological polar surface area (TPSA) is 12.0 Å². The minimum absolute atomic E-state index is 0.615. The Hall–Kier alpha value is 0.140. The zero-order chi connectivity index (χ0) is 7.68. The second kappa shape index (κ2) is 3.25. The maximum absolute atomic E-state index is 3.55. The summed E-state index contributed by atoms with van der Waals surface area (Å²) in [4.78, 5) is 1.46. The highest BCUT2D eigenvalue weighted by Gasteiger charge is 2.18. The van der Waals surface area contributed by atoms with Crippen molar-refractivity contribution in [2.75, 3.05) is 6.54 Å². The van der Waals surface area contributed by atoms with Gasteiger partial charge in [-0.2, -0.15) is 0 Å². The van der Waals surface area contributed by atoms with Gasteiger partial charge in [-0.3, -0.25) is 0 Å². The Labute approximate surface area is 78.9 Å². The fourth-order valence-corrected chi connectivity index (χ4v) is 3.22. The van der Waals surface area contributed by atoms with E-state index < -0.39 is 0 Å².